The van der Waals surface area contributed by atoms with Crippen molar-refractivity contribution in [2.24, 2.45) is 0 Å². The molecule has 2 heterocycles. The van der Waals surface area contributed by atoms with Crippen LogP contribution < -0.4 is 10.6 Å². The Morgan fingerprint density at radius 1 is 1.00 bits per heavy atom. The van der Waals surface area contributed by atoms with Crippen molar-refractivity contribution in [3.63, 3.8) is 0 Å². The highest BCUT2D eigenvalue weighted by Crippen LogP contribution is 2.37. The average Bonchev–Trinajstić information content (AvgIpc) is 2.71. The van der Waals surface area contributed by atoms with E-state index in [1.807, 2.05) is 51.1 Å². The molecular formula is C14H18N4O2. The fourth-order valence-corrected chi connectivity index (χ4v) is 2.73. The number of benzene rings is 1. The number of hydrazine groups is 1. The van der Waals surface area contributed by atoms with Gasteiger partial charge in [-0.1, -0.05) is 30.3 Å². The van der Waals surface area contributed by atoms with Crippen LogP contribution in [0.5, 0.6) is 0 Å². The molecule has 0 saturated carbocycles. The summed E-state index contributed by atoms with van der Waals surface area (Å²) >= 11 is 0. The van der Waals surface area contributed by atoms with Gasteiger partial charge >= 0.3 is 12.1 Å². The molecule has 2 N–H and O–H groups in total. The molecule has 1 unspecified atom stereocenters. The molecule has 0 aromatic heterocycles. The van der Waals surface area contributed by atoms with Gasteiger partial charge in [0.25, 0.3) is 0 Å². The Labute approximate surface area is 117 Å². The topological polar surface area (TPSA) is 64.7 Å². The lowest BCUT2D eigenvalue weighted by Gasteiger charge is -2.36. The zero-order valence-corrected chi connectivity index (χ0v) is 11.8. The lowest BCUT2D eigenvalue weighted by atomic mass is 9.91. The maximum atomic E-state index is 12.2. The van der Waals surface area contributed by atoms with Crippen molar-refractivity contribution in [3.05, 3.63) is 35.9 Å². The number of hydrogen-bond donors (Lipinski definition) is 2. The van der Waals surface area contributed by atoms with E-state index in [2.05, 4.69) is 10.6 Å². The maximum Gasteiger partial charge on any atom is 0.339 e. The largest absolute Gasteiger partial charge is 0.339 e. The van der Waals surface area contributed by atoms with E-state index < -0.39 is 11.2 Å². The van der Waals surface area contributed by atoms with Gasteiger partial charge in [-0.15, -0.1) is 0 Å². The van der Waals surface area contributed by atoms with E-state index in [0.29, 0.717) is 6.54 Å². The first-order valence-corrected chi connectivity index (χ1v) is 6.61. The first-order valence-electron chi connectivity index (χ1n) is 6.61. The van der Waals surface area contributed by atoms with Crippen LogP contribution in [-0.2, 0) is 6.54 Å². The van der Waals surface area contributed by atoms with Crippen LogP contribution in [0, 0.1) is 0 Å². The number of fused-ring (bicyclic) bond motifs is 1. The molecule has 3 rings (SSSR count). The normalized spacial score (nSPS) is 27.4. The highest BCUT2D eigenvalue weighted by Gasteiger charge is 2.63. The second kappa shape index (κ2) is 3.88. The van der Waals surface area contributed by atoms with Crippen LogP contribution in [0.4, 0.5) is 9.59 Å². The molecule has 1 aromatic rings. The number of amides is 4. The lowest BCUT2D eigenvalue weighted by Crippen LogP contribution is -2.60. The monoisotopic (exact) mass is 274 g/mol. The van der Waals surface area contributed by atoms with Crippen LogP contribution in [-0.4, -0.2) is 33.3 Å². The van der Waals surface area contributed by atoms with E-state index in [1.54, 1.807) is 0 Å². The third-order valence-corrected chi connectivity index (χ3v) is 4.25. The second-order valence-corrected chi connectivity index (χ2v) is 5.91. The van der Waals surface area contributed by atoms with Gasteiger partial charge in [0.1, 0.15) is 0 Å². The Kier molecular flexibility index (Phi) is 2.48. The van der Waals surface area contributed by atoms with Crippen LogP contribution in [0.15, 0.2) is 30.3 Å². The number of urea groups is 2. The van der Waals surface area contributed by atoms with Crippen molar-refractivity contribution >= 4 is 12.1 Å². The van der Waals surface area contributed by atoms with E-state index in [9.17, 15) is 9.59 Å². The summed E-state index contributed by atoms with van der Waals surface area (Å²) in [5.41, 5.74) is -0.314. The molecule has 2 fully saturated rings. The molecule has 4 amide bonds. The van der Waals surface area contributed by atoms with E-state index >= 15 is 0 Å². The van der Waals surface area contributed by atoms with Gasteiger partial charge in [-0.05, 0) is 26.3 Å². The first kappa shape index (κ1) is 12.8. The van der Waals surface area contributed by atoms with Crippen molar-refractivity contribution in [3.8, 4) is 0 Å². The van der Waals surface area contributed by atoms with Crippen LogP contribution >= 0.6 is 0 Å². The number of carbonyl (C=O) groups excluding carboxylic acids is 2. The minimum Gasteiger partial charge on any atom is -0.327 e. The number of rotatable bonds is 2. The van der Waals surface area contributed by atoms with Gasteiger partial charge in [-0.3, -0.25) is 0 Å². The van der Waals surface area contributed by atoms with Crippen molar-refractivity contribution < 1.29 is 9.59 Å². The highest BCUT2D eigenvalue weighted by atomic mass is 16.2. The van der Waals surface area contributed by atoms with Gasteiger partial charge in [0.05, 0.1) is 12.1 Å². The zero-order valence-electron chi connectivity index (χ0n) is 11.8. The third kappa shape index (κ3) is 1.57. The van der Waals surface area contributed by atoms with Gasteiger partial charge in [0.15, 0.2) is 5.66 Å². The van der Waals surface area contributed by atoms with E-state index in [0.717, 1.165) is 5.56 Å². The Hall–Kier alpha value is -2.24. The third-order valence-electron chi connectivity index (χ3n) is 4.25. The Morgan fingerprint density at radius 2 is 1.65 bits per heavy atom. The average molecular weight is 274 g/mol. The second-order valence-electron chi connectivity index (χ2n) is 5.91. The Balaban J connectivity index is 1.94. The fourth-order valence-electron chi connectivity index (χ4n) is 2.73. The van der Waals surface area contributed by atoms with Gasteiger partial charge in [-0.2, -0.15) is 0 Å². The van der Waals surface area contributed by atoms with Crippen molar-refractivity contribution in [1.82, 2.24) is 20.7 Å². The predicted molar refractivity (Wildman–Crippen MR) is 73.4 cm³/mol. The molecule has 0 bridgehead atoms. The van der Waals surface area contributed by atoms with Gasteiger partial charge in [0, 0.05) is 0 Å². The molecule has 1 atom stereocenters. The molecular weight excluding hydrogens is 256 g/mol. The van der Waals surface area contributed by atoms with Crippen LogP contribution in [0.2, 0.25) is 0 Å². The highest BCUT2D eigenvalue weighted by molar-refractivity contribution is 5.88. The van der Waals surface area contributed by atoms with Gasteiger partial charge in [0.2, 0.25) is 0 Å². The summed E-state index contributed by atoms with van der Waals surface area (Å²) in [5, 5.41) is 8.76. The molecule has 6 heteroatoms. The molecule has 0 spiro atoms. The van der Waals surface area contributed by atoms with E-state index in [-0.39, 0.29) is 12.1 Å². The van der Waals surface area contributed by atoms with Crippen molar-refractivity contribution in [2.45, 2.75) is 38.5 Å². The van der Waals surface area contributed by atoms with Gasteiger partial charge in [-0.25, -0.2) is 19.6 Å². The van der Waals surface area contributed by atoms with Crippen molar-refractivity contribution in [1.29, 1.82) is 0 Å². The zero-order chi connectivity index (χ0) is 14.5. The minimum absolute atomic E-state index is 0.251. The quantitative estimate of drug-likeness (QED) is 0.861. The SMILES string of the molecule is CC1(C)NC(=O)N2N(Cc3ccccc3)C(=O)NC21C. The fraction of sp³-hybridized carbons (Fsp3) is 0.429. The van der Waals surface area contributed by atoms with Crippen LogP contribution in [0.3, 0.4) is 0 Å². The Bertz CT molecular complexity index is 572. The molecule has 2 aliphatic heterocycles. The molecule has 2 saturated heterocycles. The summed E-state index contributed by atoms with van der Waals surface area (Å²) in [5.74, 6) is 0. The number of carbonyl (C=O) groups is 2. The molecule has 20 heavy (non-hydrogen) atoms. The molecule has 0 radical (unpaired) electrons. The summed E-state index contributed by atoms with van der Waals surface area (Å²) in [6.07, 6.45) is 0. The molecule has 2 aliphatic rings. The summed E-state index contributed by atoms with van der Waals surface area (Å²) in [6, 6.07) is 9.10. The number of nitrogens with one attached hydrogen (secondary N) is 2. The minimum atomic E-state index is -0.754. The standard InChI is InChI=1S/C14H18N4O2/c1-13(2)14(3)16-11(19)17(18(14)12(20)15-13)9-10-7-5-4-6-8-10/h4-8H,9H2,1-3H3,(H,15,20)(H,16,19). The molecule has 106 valence electrons. The predicted octanol–water partition coefficient (Wildman–Crippen LogP) is 1.65. The van der Waals surface area contributed by atoms with Crippen LogP contribution in [0.1, 0.15) is 26.3 Å². The summed E-state index contributed by atoms with van der Waals surface area (Å²) < 4.78 is 0. The molecule has 6 nitrogen and oxygen atoms in total. The summed E-state index contributed by atoms with van der Waals surface area (Å²) in [6.45, 7) is 6.02. The number of hydrogen-bond acceptors (Lipinski definition) is 2. The lowest BCUT2D eigenvalue weighted by molar-refractivity contribution is 0.0126. The van der Waals surface area contributed by atoms with Crippen LogP contribution in [0.25, 0.3) is 0 Å². The maximum absolute atomic E-state index is 12.2. The summed E-state index contributed by atoms with van der Waals surface area (Å²) in [7, 11) is 0. The Morgan fingerprint density at radius 3 is 2.30 bits per heavy atom. The smallest absolute Gasteiger partial charge is 0.327 e. The summed E-state index contributed by atoms with van der Waals surface area (Å²) in [4.78, 5) is 24.4. The van der Waals surface area contributed by atoms with Gasteiger partial charge < -0.3 is 10.6 Å². The molecule has 1 aromatic carbocycles. The number of nitrogens with zero attached hydrogens (tertiary/aromatic N) is 2. The van der Waals surface area contributed by atoms with E-state index in [1.165, 1.54) is 10.0 Å². The van der Waals surface area contributed by atoms with Crippen molar-refractivity contribution in [2.75, 3.05) is 0 Å². The first-order chi connectivity index (χ1) is 9.35. The van der Waals surface area contributed by atoms with E-state index in [4.69, 9.17) is 0 Å². The molecule has 0 aliphatic carbocycles.